The molecule has 590 valence electrons. The number of piperazine rings is 1. The van der Waals surface area contributed by atoms with Crippen LogP contribution in [-0.4, -0.2) is 373 Å². The third-order valence-corrected chi connectivity index (χ3v) is 17.5. The fourth-order valence-electron chi connectivity index (χ4n) is 9.37. The summed E-state index contributed by atoms with van der Waals surface area (Å²) in [6.45, 7) is 77.2. The molecule has 0 bridgehead atoms. The highest BCUT2D eigenvalue weighted by Gasteiger charge is 2.25. The van der Waals surface area contributed by atoms with Crippen LogP contribution in [0.15, 0.2) is 0 Å². The molecule has 17 nitrogen and oxygen atoms in total. The first kappa shape index (κ1) is 105. The number of hydrogen-bond donors (Lipinski definition) is 0. The molecule has 0 aliphatic carbocycles. The summed E-state index contributed by atoms with van der Waals surface area (Å²) in [7, 11) is 26.8. The molecule has 0 spiro atoms. The first-order valence-electron chi connectivity index (χ1n) is 39.1. The molecule has 0 aromatic carbocycles. The highest BCUT2D eigenvalue weighted by Crippen LogP contribution is 2.18. The van der Waals surface area contributed by atoms with Gasteiger partial charge in [0, 0.05) is 141 Å². The van der Waals surface area contributed by atoms with Crippen LogP contribution < -0.4 is 0 Å². The van der Waals surface area contributed by atoms with Crippen molar-refractivity contribution in [3.05, 3.63) is 0 Å². The molecule has 4 fully saturated rings. The van der Waals surface area contributed by atoms with Gasteiger partial charge in [-0.25, -0.2) is 0 Å². The standard InChI is InChI=1S/C11H24N2.C10H24N2.C10H21NO.C10H19N.C9H21NO2.2C8H18N2.C8H15N.C7H17NO/c1-5-13-8-6-7-11(13)9-12(4)10(2)3;1-6-12(7-2)9-8-11(5)10(3)4;1-10(2)12-9-8-11-6-4-3-5-7-11;1-9(2)7-8-10(3,4)11(5)6;1-8(2)12-9(7-11-5)6-10(3)4;1-8(2)10-6-4-9(3)5-7-10;1-8(2)9(3)4-5-10-6-7-10;1-8(2)6-5-7-9(3)4;1-7(2)9-6-5-8(3)4/h10-11H,5-9H2,1-4H3;10H,6-9H2,1-5H3;10H,3-9H2,1-2H3;9H,1-6H3;8-9H,6-7H2,1-5H3;2*8H,4-7H2,1-3H3;8H,7H2,1-4H3;7H,5-6H2,1-4H3. The van der Waals surface area contributed by atoms with E-state index in [2.05, 4.69) is 275 Å². The molecule has 4 rings (SSSR count). The quantitative estimate of drug-likeness (QED) is 0.0488. The number of likely N-dealkylation sites (N-methyl/N-ethyl adjacent to an activating group) is 8. The maximum Gasteiger partial charge on any atom is 0.0938 e. The zero-order chi connectivity index (χ0) is 76.5. The van der Waals surface area contributed by atoms with Crippen molar-refractivity contribution in [2.75, 3.05) is 249 Å². The van der Waals surface area contributed by atoms with E-state index in [4.69, 9.17) is 18.9 Å². The molecule has 17 heteroatoms. The van der Waals surface area contributed by atoms with Gasteiger partial charge in [-0.15, -0.1) is 0 Å². The van der Waals surface area contributed by atoms with Crippen LogP contribution in [0.4, 0.5) is 0 Å². The predicted molar refractivity (Wildman–Crippen MR) is 435 cm³/mol. The van der Waals surface area contributed by atoms with Gasteiger partial charge in [0.1, 0.15) is 0 Å². The minimum atomic E-state index is 0.00424. The number of hydrogen-bond acceptors (Lipinski definition) is 17. The summed E-state index contributed by atoms with van der Waals surface area (Å²) < 4.78 is 21.5. The van der Waals surface area contributed by atoms with Crippen LogP contribution in [0.25, 0.3) is 0 Å². The van der Waals surface area contributed by atoms with Gasteiger partial charge in [0.2, 0.25) is 0 Å². The van der Waals surface area contributed by atoms with Crippen molar-refractivity contribution in [3.8, 4) is 23.7 Å². The summed E-state index contributed by atoms with van der Waals surface area (Å²) in [4.78, 5) is 30.6. The van der Waals surface area contributed by atoms with Crippen LogP contribution >= 0.6 is 0 Å². The number of likely N-dealkylation sites (tertiary alicyclic amines) is 2. The third-order valence-electron chi connectivity index (χ3n) is 17.5. The Labute approximate surface area is 615 Å². The van der Waals surface area contributed by atoms with Crippen molar-refractivity contribution in [1.29, 1.82) is 0 Å². The van der Waals surface area contributed by atoms with Gasteiger partial charge in [0.05, 0.1) is 56.3 Å². The van der Waals surface area contributed by atoms with Gasteiger partial charge in [-0.05, 0) is 260 Å². The normalized spacial score (nSPS) is 16.6. The summed E-state index contributed by atoms with van der Waals surface area (Å²) in [5.74, 6) is 13.5. The molecule has 4 heterocycles. The van der Waals surface area contributed by atoms with Crippen LogP contribution in [0, 0.1) is 35.5 Å². The molecule has 0 saturated carbocycles. The third kappa shape index (κ3) is 72.8. The van der Waals surface area contributed by atoms with Crippen LogP contribution in [-0.2, 0) is 18.9 Å². The van der Waals surface area contributed by atoms with E-state index in [9.17, 15) is 0 Å². The van der Waals surface area contributed by atoms with E-state index in [-0.39, 0.29) is 17.7 Å². The summed E-state index contributed by atoms with van der Waals surface area (Å²) in [5, 5.41) is 0. The Morgan fingerprint density at radius 2 is 1.00 bits per heavy atom. The summed E-state index contributed by atoms with van der Waals surface area (Å²) in [6.07, 6.45) is 8.16. The van der Waals surface area contributed by atoms with Gasteiger partial charge < -0.3 is 58.1 Å². The van der Waals surface area contributed by atoms with E-state index in [1.165, 1.54) is 143 Å². The van der Waals surface area contributed by atoms with Crippen LogP contribution in [0.1, 0.15) is 191 Å². The Balaban J connectivity index is -0.000000332. The van der Waals surface area contributed by atoms with Gasteiger partial charge in [-0.3, -0.25) is 24.5 Å². The zero-order valence-corrected chi connectivity index (χ0v) is 72.8. The molecular weight excluding hydrogens is 1220 g/mol. The minimum Gasteiger partial charge on any atom is -0.382 e. The van der Waals surface area contributed by atoms with Gasteiger partial charge >= 0.3 is 0 Å². The van der Waals surface area contributed by atoms with Gasteiger partial charge in [-0.1, -0.05) is 78.6 Å². The summed E-state index contributed by atoms with van der Waals surface area (Å²) >= 11 is 0. The number of methoxy groups -OCH3 is 1. The Morgan fingerprint density at radius 3 is 1.40 bits per heavy atom. The SMILES string of the molecule is CC(C)C#CC(C)(C)N(C)C.CC(C)C#CCN(C)C.CC(C)N(C)CCN1CC1.CC(C)N1CCN(C)CC1.CC(C)OCCN(C)C.CC(C)OCCN1CCCCC1.CCN(CC)CCN(C)C(C)C.CCN1CCCC1CN(C)C(C)C.COCC(CN(C)C)OC(C)C. The zero-order valence-electron chi connectivity index (χ0n) is 72.8. The van der Waals surface area contributed by atoms with Gasteiger partial charge in [-0.2, -0.15) is 0 Å². The second-order valence-electron chi connectivity index (χ2n) is 31.6. The Kier molecular flexibility index (Phi) is 70.9. The molecule has 0 radical (unpaired) electrons. The molecule has 0 aromatic rings. The van der Waals surface area contributed by atoms with Crippen LogP contribution in [0.3, 0.4) is 0 Å². The van der Waals surface area contributed by atoms with Crippen molar-refractivity contribution in [1.82, 2.24) is 63.7 Å². The monoisotopic (exact) mass is 1400 g/mol. The van der Waals surface area contributed by atoms with Crippen LogP contribution in [0.2, 0.25) is 0 Å². The number of piperidine rings is 1. The molecule has 0 aromatic heterocycles. The lowest BCUT2D eigenvalue weighted by atomic mass is 10.0. The van der Waals surface area contributed by atoms with E-state index in [0.29, 0.717) is 48.8 Å². The number of ether oxygens (including phenoxy) is 4. The Bertz CT molecular complexity index is 1790. The highest BCUT2D eigenvalue weighted by atomic mass is 16.5. The van der Waals surface area contributed by atoms with Crippen molar-refractivity contribution >= 4 is 0 Å². The topological polar surface area (TPSA) is 78.8 Å². The average molecular weight is 1400 g/mol. The lowest BCUT2D eigenvalue weighted by Crippen LogP contribution is -2.47. The molecular formula is C81H177N13O4. The summed E-state index contributed by atoms with van der Waals surface area (Å²) in [5.41, 5.74) is 0.00424. The molecule has 2 atom stereocenters. The lowest BCUT2D eigenvalue weighted by Gasteiger charge is -2.34. The molecule has 4 saturated heterocycles. The smallest absolute Gasteiger partial charge is 0.0938 e. The van der Waals surface area contributed by atoms with Crippen molar-refractivity contribution in [2.45, 2.75) is 252 Å². The number of rotatable bonds is 31. The molecule has 4 aliphatic heterocycles. The first-order valence-corrected chi connectivity index (χ1v) is 39.1. The van der Waals surface area contributed by atoms with E-state index in [0.717, 1.165) is 51.5 Å². The first-order chi connectivity index (χ1) is 45.6. The Morgan fingerprint density at radius 1 is 0.500 bits per heavy atom. The Hall–Kier alpha value is -1.56. The average Bonchev–Trinajstić information content (AvgIpc) is 1.53. The fourth-order valence-corrected chi connectivity index (χ4v) is 9.37. The van der Waals surface area contributed by atoms with Crippen molar-refractivity contribution in [2.24, 2.45) is 11.8 Å². The second kappa shape index (κ2) is 66.1. The lowest BCUT2D eigenvalue weighted by molar-refractivity contribution is -0.0435. The molecule has 0 N–H and O–H groups in total. The minimum absolute atomic E-state index is 0.00424. The van der Waals surface area contributed by atoms with Crippen molar-refractivity contribution in [3.63, 3.8) is 0 Å². The molecule has 4 aliphatic rings. The van der Waals surface area contributed by atoms with E-state index < -0.39 is 0 Å². The maximum atomic E-state index is 5.63. The van der Waals surface area contributed by atoms with Gasteiger partial charge in [0.15, 0.2) is 0 Å². The van der Waals surface area contributed by atoms with E-state index >= 15 is 0 Å². The van der Waals surface area contributed by atoms with Crippen LogP contribution in [0.5, 0.6) is 0 Å². The predicted octanol–water partition coefficient (Wildman–Crippen LogP) is 11.8. The fraction of sp³-hybridized carbons (Fsp3) is 0.951. The summed E-state index contributed by atoms with van der Waals surface area (Å²) in [6, 6.07) is 3.59. The molecule has 2 unspecified atom stereocenters. The molecule has 0 amide bonds. The number of nitrogens with zero attached hydrogens (tertiary/aromatic N) is 13. The maximum absolute atomic E-state index is 5.63. The second-order valence-corrected chi connectivity index (χ2v) is 31.6. The highest BCUT2D eigenvalue weighted by molar-refractivity contribution is 5.15. The van der Waals surface area contributed by atoms with Gasteiger partial charge in [0.25, 0.3) is 0 Å². The van der Waals surface area contributed by atoms with E-state index in [1.54, 1.807) is 7.11 Å². The molecule has 98 heavy (non-hydrogen) atoms. The largest absolute Gasteiger partial charge is 0.382 e. The van der Waals surface area contributed by atoms with Crippen molar-refractivity contribution < 1.29 is 18.9 Å². The van der Waals surface area contributed by atoms with E-state index in [1.807, 2.05) is 56.1 Å².